The van der Waals surface area contributed by atoms with Crippen molar-refractivity contribution >= 4 is 0 Å². The van der Waals surface area contributed by atoms with E-state index in [9.17, 15) is 4.39 Å². The molecule has 0 saturated carbocycles. The standard InChI is InChI=1S/C16H23FN2/c1-12(2)5-4-6-13(3)19-11-15-9-16(17)8-7-14(15)10-18/h7-9,12-13,19H,4-6,11H2,1-3H3. The summed E-state index contributed by atoms with van der Waals surface area (Å²) in [5, 5.41) is 12.3. The lowest BCUT2D eigenvalue weighted by Gasteiger charge is -2.15. The lowest BCUT2D eigenvalue weighted by Crippen LogP contribution is -2.25. The highest BCUT2D eigenvalue weighted by atomic mass is 19.1. The van der Waals surface area contributed by atoms with Crippen molar-refractivity contribution < 1.29 is 4.39 Å². The number of nitrogens with zero attached hydrogens (tertiary/aromatic N) is 1. The zero-order chi connectivity index (χ0) is 14.3. The molecule has 1 aromatic rings. The number of hydrogen-bond acceptors (Lipinski definition) is 2. The zero-order valence-electron chi connectivity index (χ0n) is 12.0. The van der Waals surface area contributed by atoms with E-state index in [4.69, 9.17) is 5.26 Å². The van der Waals surface area contributed by atoms with E-state index in [1.165, 1.54) is 31.0 Å². The van der Waals surface area contributed by atoms with Crippen LogP contribution in [0.5, 0.6) is 0 Å². The van der Waals surface area contributed by atoms with E-state index in [0.29, 0.717) is 18.2 Å². The van der Waals surface area contributed by atoms with E-state index in [-0.39, 0.29) is 5.82 Å². The normalized spacial score (nSPS) is 12.4. The van der Waals surface area contributed by atoms with Crippen LogP contribution in [0.1, 0.15) is 51.2 Å². The minimum atomic E-state index is -0.289. The van der Waals surface area contributed by atoms with Gasteiger partial charge in [0.15, 0.2) is 0 Å². The quantitative estimate of drug-likeness (QED) is 0.806. The Labute approximate surface area is 115 Å². The van der Waals surface area contributed by atoms with Crippen molar-refractivity contribution in [2.45, 2.75) is 52.6 Å². The molecule has 0 saturated heterocycles. The largest absolute Gasteiger partial charge is 0.310 e. The van der Waals surface area contributed by atoms with Gasteiger partial charge in [0.1, 0.15) is 5.82 Å². The molecule has 3 heteroatoms. The molecule has 0 aromatic heterocycles. The smallest absolute Gasteiger partial charge is 0.123 e. The summed E-state index contributed by atoms with van der Waals surface area (Å²) >= 11 is 0. The fourth-order valence-electron chi connectivity index (χ4n) is 2.04. The highest BCUT2D eigenvalue weighted by Gasteiger charge is 2.06. The molecular formula is C16H23FN2. The molecule has 0 heterocycles. The van der Waals surface area contributed by atoms with Gasteiger partial charge < -0.3 is 5.32 Å². The number of hydrogen-bond donors (Lipinski definition) is 1. The van der Waals surface area contributed by atoms with E-state index >= 15 is 0 Å². The fourth-order valence-corrected chi connectivity index (χ4v) is 2.04. The van der Waals surface area contributed by atoms with Crippen LogP contribution in [-0.4, -0.2) is 6.04 Å². The molecule has 0 aliphatic rings. The second kappa shape index (κ2) is 7.91. The van der Waals surface area contributed by atoms with Crippen LogP contribution in [0.2, 0.25) is 0 Å². The van der Waals surface area contributed by atoms with Crippen molar-refractivity contribution in [3.05, 3.63) is 35.1 Å². The lowest BCUT2D eigenvalue weighted by molar-refractivity contribution is 0.456. The molecular weight excluding hydrogens is 239 g/mol. The van der Waals surface area contributed by atoms with Gasteiger partial charge in [0, 0.05) is 12.6 Å². The van der Waals surface area contributed by atoms with E-state index in [1.54, 1.807) is 0 Å². The van der Waals surface area contributed by atoms with Crippen LogP contribution in [0.15, 0.2) is 18.2 Å². The Bertz CT molecular complexity index is 435. The predicted octanol–water partition coefficient (Wildman–Crippen LogP) is 4.00. The summed E-state index contributed by atoms with van der Waals surface area (Å²) in [7, 11) is 0. The predicted molar refractivity (Wildman–Crippen MR) is 76.1 cm³/mol. The Morgan fingerprint density at radius 2 is 2.00 bits per heavy atom. The summed E-state index contributed by atoms with van der Waals surface area (Å²) < 4.78 is 13.2. The number of rotatable bonds is 7. The topological polar surface area (TPSA) is 35.8 Å². The molecule has 0 radical (unpaired) electrons. The second-order valence-electron chi connectivity index (χ2n) is 5.52. The molecule has 0 bridgehead atoms. The summed E-state index contributed by atoms with van der Waals surface area (Å²) in [6.45, 7) is 7.13. The van der Waals surface area contributed by atoms with Gasteiger partial charge in [-0.05, 0) is 43.0 Å². The average Bonchev–Trinajstić information content (AvgIpc) is 2.36. The van der Waals surface area contributed by atoms with Gasteiger partial charge >= 0.3 is 0 Å². The molecule has 0 spiro atoms. The third-order valence-electron chi connectivity index (χ3n) is 3.25. The van der Waals surface area contributed by atoms with Gasteiger partial charge in [0.2, 0.25) is 0 Å². The van der Waals surface area contributed by atoms with Gasteiger partial charge in [0.25, 0.3) is 0 Å². The maximum absolute atomic E-state index is 13.2. The number of benzene rings is 1. The van der Waals surface area contributed by atoms with E-state index in [2.05, 4.69) is 32.2 Å². The maximum Gasteiger partial charge on any atom is 0.123 e. The first-order valence-corrected chi connectivity index (χ1v) is 6.94. The summed E-state index contributed by atoms with van der Waals surface area (Å²) in [6.07, 6.45) is 3.53. The van der Waals surface area contributed by atoms with Gasteiger partial charge in [0.05, 0.1) is 11.6 Å². The second-order valence-corrected chi connectivity index (χ2v) is 5.52. The van der Waals surface area contributed by atoms with Gasteiger partial charge in [-0.15, -0.1) is 0 Å². The van der Waals surface area contributed by atoms with Crippen molar-refractivity contribution in [1.82, 2.24) is 5.32 Å². The molecule has 19 heavy (non-hydrogen) atoms. The summed E-state index contributed by atoms with van der Waals surface area (Å²) in [4.78, 5) is 0. The summed E-state index contributed by atoms with van der Waals surface area (Å²) in [6, 6.07) is 6.78. The van der Waals surface area contributed by atoms with Crippen LogP contribution >= 0.6 is 0 Å². The van der Waals surface area contributed by atoms with Crippen LogP contribution in [-0.2, 0) is 6.54 Å². The Hall–Kier alpha value is -1.40. The summed E-state index contributed by atoms with van der Waals surface area (Å²) in [5.74, 6) is 0.448. The molecule has 1 unspecified atom stereocenters. The first-order valence-electron chi connectivity index (χ1n) is 6.94. The summed E-state index contributed by atoms with van der Waals surface area (Å²) in [5.41, 5.74) is 1.28. The molecule has 0 aliphatic heterocycles. The lowest BCUT2D eigenvalue weighted by atomic mass is 10.0. The SMILES string of the molecule is CC(C)CCCC(C)NCc1cc(F)ccc1C#N. The van der Waals surface area contributed by atoms with Crippen LogP contribution in [0, 0.1) is 23.1 Å². The van der Waals surface area contributed by atoms with Crippen LogP contribution < -0.4 is 5.32 Å². The molecule has 1 atom stereocenters. The van der Waals surface area contributed by atoms with E-state index < -0.39 is 0 Å². The monoisotopic (exact) mass is 262 g/mol. The highest BCUT2D eigenvalue weighted by Crippen LogP contribution is 2.12. The van der Waals surface area contributed by atoms with Crippen LogP contribution in [0.3, 0.4) is 0 Å². The van der Waals surface area contributed by atoms with Crippen molar-refractivity contribution in [1.29, 1.82) is 5.26 Å². The van der Waals surface area contributed by atoms with Crippen LogP contribution in [0.4, 0.5) is 4.39 Å². The Balaban J connectivity index is 2.44. The molecule has 1 rings (SSSR count). The van der Waals surface area contributed by atoms with Crippen molar-refractivity contribution in [2.75, 3.05) is 0 Å². The minimum Gasteiger partial charge on any atom is -0.310 e. The average molecular weight is 262 g/mol. The molecule has 104 valence electrons. The Kier molecular flexibility index (Phi) is 6.52. The van der Waals surface area contributed by atoms with Crippen LogP contribution in [0.25, 0.3) is 0 Å². The minimum absolute atomic E-state index is 0.289. The number of nitrogens with one attached hydrogen (secondary N) is 1. The number of halogens is 1. The third kappa shape index (κ3) is 5.85. The maximum atomic E-state index is 13.2. The van der Waals surface area contributed by atoms with Gasteiger partial charge in [-0.25, -0.2) is 4.39 Å². The number of nitriles is 1. The van der Waals surface area contributed by atoms with Crippen molar-refractivity contribution in [2.24, 2.45) is 5.92 Å². The molecule has 2 nitrogen and oxygen atoms in total. The first kappa shape index (κ1) is 15.7. The molecule has 0 fully saturated rings. The molecule has 0 amide bonds. The first-order chi connectivity index (χ1) is 9.02. The van der Waals surface area contributed by atoms with Gasteiger partial charge in [-0.3, -0.25) is 0 Å². The highest BCUT2D eigenvalue weighted by molar-refractivity contribution is 5.37. The van der Waals surface area contributed by atoms with Crippen molar-refractivity contribution in [3.8, 4) is 6.07 Å². The fraction of sp³-hybridized carbons (Fsp3) is 0.562. The Morgan fingerprint density at radius 3 is 2.63 bits per heavy atom. The van der Waals surface area contributed by atoms with Gasteiger partial charge in [-0.2, -0.15) is 5.26 Å². The zero-order valence-corrected chi connectivity index (χ0v) is 12.0. The van der Waals surface area contributed by atoms with Crippen molar-refractivity contribution in [3.63, 3.8) is 0 Å². The van der Waals surface area contributed by atoms with E-state index in [1.807, 2.05) is 0 Å². The van der Waals surface area contributed by atoms with E-state index in [0.717, 1.165) is 17.9 Å². The molecule has 1 N–H and O–H groups in total. The Morgan fingerprint density at radius 1 is 1.26 bits per heavy atom. The third-order valence-corrected chi connectivity index (χ3v) is 3.25. The molecule has 1 aromatic carbocycles. The van der Waals surface area contributed by atoms with Gasteiger partial charge in [-0.1, -0.05) is 26.7 Å². The molecule has 0 aliphatic carbocycles.